The molecule has 0 aromatic carbocycles. The van der Waals surface area contributed by atoms with Gasteiger partial charge in [-0.15, -0.1) is 0 Å². The van der Waals surface area contributed by atoms with Crippen LogP contribution in [0.15, 0.2) is 0 Å². The second kappa shape index (κ2) is 3.95. The summed E-state index contributed by atoms with van der Waals surface area (Å²) in [6.45, 7) is 3.67. The third kappa shape index (κ3) is 3.60. The minimum atomic E-state index is -1.08. The summed E-state index contributed by atoms with van der Waals surface area (Å²) in [5, 5.41) is 8.27. The van der Waals surface area contributed by atoms with Crippen LogP contribution in [0.25, 0.3) is 0 Å². The van der Waals surface area contributed by atoms with E-state index in [1.54, 1.807) is 7.05 Å². The van der Waals surface area contributed by atoms with Crippen molar-refractivity contribution >= 4 is 11.9 Å². The average molecular weight is 159 g/mol. The van der Waals surface area contributed by atoms with E-state index in [4.69, 9.17) is 5.11 Å². The first-order valence-electron chi connectivity index (χ1n) is 3.42. The van der Waals surface area contributed by atoms with Gasteiger partial charge in [-0.25, -0.2) is 0 Å². The second-order valence-corrected chi connectivity index (χ2v) is 2.67. The van der Waals surface area contributed by atoms with E-state index in [-0.39, 0.29) is 11.9 Å². The Kier molecular flexibility index (Phi) is 3.57. The van der Waals surface area contributed by atoms with E-state index in [9.17, 15) is 9.59 Å². The molecule has 0 atom stereocenters. The lowest BCUT2D eigenvalue weighted by Crippen LogP contribution is -2.34. The Morgan fingerprint density at radius 3 is 2.18 bits per heavy atom. The summed E-state index contributed by atoms with van der Waals surface area (Å²) in [6, 6.07) is 0.0573. The average Bonchev–Trinajstić information content (AvgIpc) is 1.84. The predicted octanol–water partition coefficient (Wildman–Crippen LogP) is 0.328. The standard InChI is InChI=1S/C7H13NO3/c1-5(2)8(3)6(9)4-7(10)11/h5H,4H2,1-3H3,(H,10,11). The molecule has 0 bridgehead atoms. The maximum atomic E-state index is 10.9. The highest BCUT2D eigenvalue weighted by molar-refractivity contribution is 5.93. The first-order valence-corrected chi connectivity index (χ1v) is 3.42. The lowest BCUT2D eigenvalue weighted by molar-refractivity contribution is -0.144. The van der Waals surface area contributed by atoms with Crippen LogP contribution in [0.3, 0.4) is 0 Å². The van der Waals surface area contributed by atoms with Crippen LogP contribution in [-0.2, 0) is 9.59 Å². The van der Waals surface area contributed by atoms with Crippen molar-refractivity contribution in [2.75, 3.05) is 7.05 Å². The van der Waals surface area contributed by atoms with E-state index in [1.165, 1.54) is 4.90 Å². The van der Waals surface area contributed by atoms with Crippen molar-refractivity contribution in [2.24, 2.45) is 0 Å². The molecule has 0 rings (SSSR count). The molecule has 1 N–H and O–H groups in total. The van der Waals surface area contributed by atoms with Crippen molar-refractivity contribution in [2.45, 2.75) is 26.3 Å². The van der Waals surface area contributed by atoms with Crippen molar-refractivity contribution in [1.82, 2.24) is 4.90 Å². The summed E-state index contributed by atoms with van der Waals surface area (Å²) in [5.74, 6) is -1.44. The topological polar surface area (TPSA) is 57.6 Å². The van der Waals surface area contributed by atoms with Crippen LogP contribution in [0.2, 0.25) is 0 Å². The SMILES string of the molecule is CC(C)N(C)C(=O)CC(=O)O. The highest BCUT2D eigenvalue weighted by Crippen LogP contribution is 1.96. The van der Waals surface area contributed by atoms with Crippen molar-refractivity contribution < 1.29 is 14.7 Å². The van der Waals surface area contributed by atoms with Gasteiger partial charge in [0, 0.05) is 13.1 Å². The molecule has 0 unspecified atom stereocenters. The van der Waals surface area contributed by atoms with Gasteiger partial charge in [0.25, 0.3) is 0 Å². The van der Waals surface area contributed by atoms with Gasteiger partial charge >= 0.3 is 5.97 Å². The molecule has 0 aromatic heterocycles. The normalized spacial score (nSPS) is 9.82. The monoisotopic (exact) mass is 159 g/mol. The smallest absolute Gasteiger partial charge is 0.312 e. The van der Waals surface area contributed by atoms with Crippen molar-refractivity contribution in [3.63, 3.8) is 0 Å². The lowest BCUT2D eigenvalue weighted by Gasteiger charge is -2.20. The second-order valence-electron chi connectivity index (χ2n) is 2.67. The minimum Gasteiger partial charge on any atom is -0.481 e. The summed E-state index contributed by atoms with van der Waals surface area (Å²) in [7, 11) is 1.59. The number of carboxylic acid groups (broad SMARTS) is 1. The number of carbonyl (C=O) groups excluding carboxylic acids is 1. The summed E-state index contributed by atoms with van der Waals surface area (Å²) in [6.07, 6.45) is -0.422. The van der Waals surface area contributed by atoms with E-state index in [2.05, 4.69) is 0 Å². The Balaban J connectivity index is 3.93. The van der Waals surface area contributed by atoms with Crippen LogP contribution in [0.4, 0.5) is 0 Å². The Bertz CT molecular complexity index is 165. The molecule has 0 saturated carbocycles. The molecule has 0 spiro atoms. The maximum Gasteiger partial charge on any atom is 0.312 e. The fraction of sp³-hybridized carbons (Fsp3) is 0.714. The molecular weight excluding hydrogens is 146 g/mol. The molecule has 4 nitrogen and oxygen atoms in total. The van der Waals surface area contributed by atoms with Crippen LogP contribution in [0, 0.1) is 0 Å². The third-order valence-corrected chi connectivity index (χ3v) is 1.47. The number of nitrogens with zero attached hydrogens (tertiary/aromatic N) is 1. The van der Waals surface area contributed by atoms with Gasteiger partial charge in [-0.3, -0.25) is 9.59 Å². The first kappa shape index (κ1) is 9.94. The van der Waals surface area contributed by atoms with Gasteiger partial charge in [-0.1, -0.05) is 0 Å². The summed E-state index contributed by atoms with van der Waals surface area (Å²) in [5.41, 5.74) is 0. The molecule has 0 radical (unpaired) electrons. The number of hydrogen-bond donors (Lipinski definition) is 1. The molecular formula is C7H13NO3. The molecule has 0 aromatic rings. The first-order chi connectivity index (χ1) is 4.95. The van der Waals surface area contributed by atoms with E-state index in [0.29, 0.717) is 0 Å². The number of carbonyl (C=O) groups is 2. The van der Waals surface area contributed by atoms with Gasteiger partial charge < -0.3 is 10.0 Å². The van der Waals surface area contributed by atoms with Gasteiger partial charge in [-0.2, -0.15) is 0 Å². The zero-order valence-corrected chi connectivity index (χ0v) is 7.00. The largest absolute Gasteiger partial charge is 0.481 e. The lowest BCUT2D eigenvalue weighted by atomic mass is 10.3. The van der Waals surface area contributed by atoms with E-state index >= 15 is 0 Å². The highest BCUT2D eigenvalue weighted by atomic mass is 16.4. The van der Waals surface area contributed by atoms with Gasteiger partial charge in [0.1, 0.15) is 6.42 Å². The van der Waals surface area contributed by atoms with Crippen LogP contribution in [-0.4, -0.2) is 35.0 Å². The van der Waals surface area contributed by atoms with Gasteiger partial charge in [-0.05, 0) is 13.8 Å². The molecule has 0 aliphatic heterocycles. The molecule has 0 fully saturated rings. The van der Waals surface area contributed by atoms with Gasteiger partial charge in [0.15, 0.2) is 0 Å². The minimum absolute atomic E-state index is 0.0573. The molecule has 0 saturated heterocycles. The zero-order valence-electron chi connectivity index (χ0n) is 7.00. The zero-order chi connectivity index (χ0) is 9.02. The highest BCUT2D eigenvalue weighted by Gasteiger charge is 2.14. The fourth-order valence-electron chi connectivity index (χ4n) is 0.542. The number of carboxylic acids is 1. The van der Waals surface area contributed by atoms with Crippen LogP contribution < -0.4 is 0 Å². The predicted molar refractivity (Wildman–Crippen MR) is 40.2 cm³/mol. The van der Waals surface area contributed by atoms with E-state index in [0.717, 1.165) is 0 Å². The fourth-order valence-corrected chi connectivity index (χ4v) is 0.542. The molecule has 0 aliphatic rings. The van der Waals surface area contributed by atoms with Crippen LogP contribution >= 0.6 is 0 Å². The quantitative estimate of drug-likeness (QED) is 0.603. The number of rotatable bonds is 3. The number of hydrogen-bond acceptors (Lipinski definition) is 2. The summed E-state index contributed by atoms with van der Waals surface area (Å²) >= 11 is 0. The van der Waals surface area contributed by atoms with Crippen molar-refractivity contribution in [3.8, 4) is 0 Å². The Morgan fingerprint density at radius 2 is 1.91 bits per heavy atom. The molecule has 4 heteroatoms. The van der Waals surface area contributed by atoms with Crippen LogP contribution in [0.5, 0.6) is 0 Å². The molecule has 0 aliphatic carbocycles. The Morgan fingerprint density at radius 1 is 1.45 bits per heavy atom. The van der Waals surface area contributed by atoms with Gasteiger partial charge in [0.2, 0.25) is 5.91 Å². The summed E-state index contributed by atoms with van der Waals surface area (Å²) < 4.78 is 0. The third-order valence-electron chi connectivity index (χ3n) is 1.47. The Hall–Kier alpha value is -1.06. The van der Waals surface area contributed by atoms with Crippen molar-refractivity contribution in [1.29, 1.82) is 0 Å². The molecule has 11 heavy (non-hydrogen) atoms. The van der Waals surface area contributed by atoms with Crippen molar-refractivity contribution in [3.05, 3.63) is 0 Å². The molecule has 1 amide bonds. The summed E-state index contributed by atoms with van der Waals surface area (Å²) in [4.78, 5) is 22.4. The van der Waals surface area contributed by atoms with Gasteiger partial charge in [0.05, 0.1) is 0 Å². The Labute approximate surface area is 65.8 Å². The van der Waals surface area contributed by atoms with Crippen LogP contribution in [0.1, 0.15) is 20.3 Å². The maximum absolute atomic E-state index is 10.9. The molecule has 0 heterocycles. The van der Waals surface area contributed by atoms with E-state index < -0.39 is 12.4 Å². The van der Waals surface area contributed by atoms with E-state index in [1.807, 2.05) is 13.8 Å². The number of aliphatic carboxylic acids is 1. The number of amides is 1. The molecule has 64 valence electrons.